The molecule has 0 radical (unpaired) electrons. The first kappa shape index (κ1) is 15.1. The van der Waals surface area contributed by atoms with Crippen LogP contribution in [0.15, 0.2) is 36.7 Å². The number of nitrogens with zero attached hydrogens (tertiary/aromatic N) is 3. The van der Waals surface area contributed by atoms with E-state index in [9.17, 15) is 13.9 Å². The highest BCUT2D eigenvalue weighted by molar-refractivity contribution is 5.21. The molecule has 2 aromatic rings. The van der Waals surface area contributed by atoms with Gasteiger partial charge in [0.2, 0.25) is 0 Å². The molecule has 0 amide bonds. The van der Waals surface area contributed by atoms with Gasteiger partial charge in [0, 0.05) is 36.6 Å². The fourth-order valence-electron chi connectivity index (χ4n) is 3.06. The quantitative estimate of drug-likeness (QED) is 0.922. The Morgan fingerprint density at radius 1 is 1.36 bits per heavy atom. The third-order valence-electron chi connectivity index (χ3n) is 4.19. The molecule has 0 aliphatic carbocycles. The number of hydrogen-bond acceptors (Lipinski definition) is 3. The van der Waals surface area contributed by atoms with Crippen LogP contribution in [0.25, 0.3) is 0 Å². The molecule has 1 aliphatic heterocycles. The Bertz CT molecular complexity index is 618. The van der Waals surface area contributed by atoms with Crippen LogP contribution in [0.1, 0.15) is 24.5 Å². The molecule has 0 spiro atoms. The Labute approximate surface area is 128 Å². The molecule has 118 valence electrons. The van der Waals surface area contributed by atoms with E-state index in [0.29, 0.717) is 6.54 Å². The monoisotopic (exact) mass is 307 g/mol. The lowest BCUT2D eigenvalue weighted by molar-refractivity contribution is 0.0977. The molecular weight excluding hydrogens is 288 g/mol. The van der Waals surface area contributed by atoms with Crippen LogP contribution in [0.4, 0.5) is 8.78 Å². The topological polar surface area (TPSA) is 41.3 Å². The SMILES string of the molecule is O[C@H](CN1CCC[C@@H]1Cn1cccn1)c1ccc(F)cc1F. The zero-order valence-corrected chi connectivity index (χ0v) is 12.2. The van der Waals surface area contributed by atoms with Crippen LogP contribution < -0.4 is 0 Å². The lowest BCUT2D eigenvalue weighted by Gasteiger charge is -2.27. The minimum Gasteiger partial charge on any atom is -0.387 e. The van der Waals surface area contributed by atoms with Gasteiger partial charge in [-0.05, 0) is 31.5 Å². The van der Waals surface area contributed by atoms with Crippen molar-refractivity contribution in [1.82, 2.24) is 14.7 Å². The lowest BCUT2D eigenvalue weighted by Crippen LogP contribution is -2.36. The first-order valence-corrected chi connectivity index (χ1v) is 7.48. The molecule has 1 aromatic heterocycles. The van der Waals surface area contributed by atoms with Crippen LogP contribution in [0, 0.1) is 11.6 Å². The van der Waals surface area contributed by atoms with Crippen molar-refractivity contribution < 1.29 is 13.9 Å². The maximum Gasteiger partial charge on any atom is 0.131 e. The van der Waals surface area contributed by atoms with Crippen molar-refractivity contribution in [2.24, 2.45) is 0 Å². The minimum atomic E-state index is -0.959. The molecule has 1 N–H and O–H groups in total. The van der Waals surface area contributed by atoms with E-state index in [1.807, 2.05) is 16.9 Å². The Kier molecular flexibility index (Phi) is 4.49. The highest BCUT2D eigenvalue weighted by Gasteiger charge is 2.28. The number of benzene rings is 1. The van der Waals surface area contributed by atoms with Gasteiger partial charge in [0.25, 0.3) is 0 Å². The molecule has 4 nitrogen and oxygen atoms in total. The summed E-state index contributed by atoms with van der Waals surface area (Å²) >= 11 is 0. The Hall–Kier alpha value is -1.79. The molecule has 2 atom stereocenters. The molecule has 2 heterocycles. The maximum absolute atomic E-state index is 13.7. The second-order valence-corrected chi connectivity index (χ2v) is 5.70. The van der Waals surface area contributed by atoms with E-state index in [1.54, 1.807) is 6.20 Å². The van der Waals surface area contributed by atoms with E-state index in [0.717, 1.165) is 32.0 Å². The van der Waals surface area contributed by atoms with E-state index in [1.165, 1.54) is 12.1 Å². The van der Waals surface area contributed by atoms with Crippen molar-refractivity contribution >= 4 is 0 Å². The van der Waals surface area contributed by atoms with Gasteiger partial charge < -0.3 is 5.11 Å². The fourth-order valence-corrected chi connectivity index (χ4v) is 3.06. The van der Waals surface area contributed by atoms with E-state index in [4.69, 9.17) is 0 Å². The van der Waals surface area contributed by atoms with Gasteiger partial charge in [0.1, 0.15) is 11.6 Å². The van der Waals surface area contributed by atoms with E-state index in [2.05, 4.69) is 10.00 Å². The predicted molar refractivity (Wildman–Crippen MR) is 78.1 cm³/mol. The summed E-state index contributed by atoms with van der Waals surface area (Å²) in [7, 11) is 0. The molecular formula is C16H19F2N3O. The number of likely N-dealkylation sites (tertiary alicyclic amines) is 1. The Morgan fingerprint density at radius 2 is 2.23 bits per heavy atom. The number of aliphatic hydroxyl groups is 1. The van der Waals surface area contributed by atoms with Crippen molar-refractivity contribution in [3.05, 3.63) is 53.9 Å². The molecule has 22 heavy (non-hydrogen) atoms. The summed E-state index contributed by atoms with van der Waals surface area (Å²) < 4.78 is 28.6. The van der Waals surface area contributed by atoms with Gasteiger partial charge in [0.15, 0.2) is 0 Å². The number of halogens is 2. The highest BCUT2D eigenvalue weighted by atomic mass is 19.1. The molecule has 1 saturated heterocycles. The summed E-state index contributed by atoms with van der Waals surface area (Å²) in [6.07, 6.45) is 4.76. The molecule has 1 aliphatic rings. The molecule has 0 bridgehead atoms. The van der Waals surface area contributed by atoms with Crippen molar-refractivity contribution in [2.45, 2.75) is 31.5 Å². The van der Waals surface area contributed by atoms with Crippen molar-refractivity contribution in [2.75, 3.05) is 13.1 Å². The smallest absolute Gasteiger partial charge is 0.131 e. The number of aromatic nitrogens is 2. The number of rotatable bonds is 5. The van der Waals surface area contributed by atoms with Crippen LogP contribution in [-0.4, -0.2) is 38.9 Å². The first-order valence-electron chi connectivity index (χ1n) is 7.48. The summed E-state index contributed by atoms with van der Waals surface area (Å²) in [5.41, 5.74) is 0.145. The fraction of sp³-hybridized carbons (Fsp3) is 0.438. The molecule has 1 aromatic carbocycles. The first-order chi connectivity index (χ1) is 10.6. The normalized spacial score (nSPS) is 20.4. The Morgan fingerprint density at radius 3 is 2.95 bits per heavy atom. The molecule has 0 saturated carbocycles. The van der Waals surface area contributed by atoms with E-state index >= 15 is 0 Å². The number of β-amino-alcohol motifs (C(OH)–C–C–N with tert-alkyl or cyclic N) is 1. The van der Waals surface area contributed by atoms with Gasteiger partial charge in [-0.25, -0.2) is 8.78 Å². The summed E-state index contributed by atoms with van der Waals surface area (Å²) in [4.78, 5) is 2.15. The van der Waals surface area contributed by atoms with Crippen LogP contribution in [-0.2, 0) is 6.54 Å². The van der Waals surface area contributed by atoms with Gasteiger partial charge in [-0.3, -0.25) is 9.58 Å². The molecule has 6 heteroatoms. The zero-order valence-electron chi connectivity index (χ0n) is 12.2. The summed E-state index contributed by atoms with van der Waals surface area (Å²) in [5.74, 6) is -1.33. The van der Waals surface area contributed by atoms with Crippen molar-refractivity contribution in [3.8, 4) is 0 Å². The van der Waals surface area contributed by atoms with E-state index in [-0.39, 0.29) is 11.6 Å². The third-order valence-corrected chi connectivity index (χ3v) is 4.19. The standard InChI is InChI=1S/C16H19F2N3O/c17-12-4-5-14(15(18)9-12)16(22)11-20-7-1-3-13(20)10-21-8-2-6-19-21/h2,4-6,8-9,13,16,22H,1,3,7,10-11H2/t13-,16-/m1/s1. The summed E-state index contributed by atoms with van der Waals surface area (Å²) in [5, 5.41) is 14.5. The zero-order chi connectivity index (χ0) is 15.5. The largest absolute Gasteiger partial charge is 0.387 e. The van der Waals surface area contributed by atoms with Gasteiger partial charge >= 0.3 is 0 Å². The van der Waals surface area contributed by atoms with E-state index < -0.39 is 17.7 Å². The number of hydrogen-bond donors (Lipinski definition) is 1. The van der Waals surface area contributed by atoms with Crippen LogP contribution in [0.2, 0.25) is 0 Å². The second-order valence-electron chi connectivity index (χ2n) is 5.70. The van der Waals surface area contributed by atoms with Crippen LogP contribution in [0.5, 0.6) is 0 Å². The van der Waals surface area contributed by atoms with Gasteiger partial charge in [-0.2, -0.15) is 5.10 Å². The summed E-state index contributed by atoms with van der Waals surface area (Å²) in [6.45, 7) is 1.96. The predicted octanol–water partition coefficient (Wildman–Crippen LogP) is 2.36. The lowest BCUT2D eigenvalue weighted by atomic mass is 10.1. The van der Waals surface area contributed by atoms with Gasteiger partial charge in [0.05, 0.1) is 12.6 Å². The average Bonchev–Trinajstić information content (AvgIpc) is 3.12. The van der Waals surface area contributed by atoms with Crippen molar-refractivity contribution in [3.63, 3.8) is 0 Å². The van der Waals surface area contributed by atoms with Gasteiger partial charge in [-0.1, -0.05) is 6.07 Å². The highest BCUT2D eigenvalue weighted by Crippen LogP contribution is 2.24. The van der Waals surface area contributed by atoms with Gasteiger partial charge in [-0.15, -0.1) is 0 Å². The molecule has 1 fully saturated rings. The van der Waals surface area contributed by atoms with Crippen molar-refractivity contribution in [1.29, 1.82) is 0 Å². The number of aliphatic hydroxyl groups excluding tert-OH is 1. The third kappa shape index (κ3) is 3.34. The minimum absolute atomic E-state index is 0.145. The second kappa shape index (κ2) is 6.54. The summed E-state index contributed by atoms with van der Waals surface area (Å²) in [6, 6.07) is 5.45. The maximum atomic E-state index is 13.7. The molecule has 0 unspecified atom stereocenters. The average molecular weight is 307 g/mol. The Balaban J connectivity index is 1.65. The van der Waals surface area contributed by atoms with Crippen LogP contribution >= 0.6 is 0 Å². The van der Waals surface area contributed by atoms with Crippen LogP contribution in [0.3, 0.4) is 0 Å². The molecule has 3 rings (SSSR count).